The Morgan fingerprint density at radius 2 is 0.780 bits per heavy atom. The Kier molecular flexibility index (Phi) is 42.0. The maximum atomic E-state index is 12.4. The van der Waals surface area contributed by atoms with Gasteiger partial charge in [0.2, 0.25) is 5.91 Å². The van der Waals surface area contributed by atoms with Gasteiger partial charge in [-0.15, -0.1) is 0 Å². The SMILES string of the molecule is CCCCCCCCCCCCCCCCCCCCCCCC(=O)NC(COP(=O)(O)OCC(O)COC(=O)CCCCCCCCCCCCCCCC)C(=O)O. The molecule has 3 unspecified atom stereocenters. The third kappa shape index (κ3) is 42.9. The number of carbonyl (C=O) groups excluding carboxylic acids is 2. The van der Waals surface area contributed by atoms with Crippen molar-refractivity contribution < 1.29 is 47.8 Å². The fraction of sp³-hybridized carbons (Fsp3) is 0.936. The summed E-state index contributed by atoms with van der Waals surface area (Å²) in [5.74, 6) is -2.35. The van der Waals surface area contributed by atoms with Crippen LogP contribution in [-0.2, 0) is 32.7 Å². The smallest absolute Gasteiger partial charge is 0.472 e. The zero-order chi connectivity index (χ0) is 43.5. The number of hydrogen-bond acceptors (Lipinski definition) is 8. The summed E-state index contributed by atoms with van der Waals surface area (Å²) < 4.78 is 26.9. The fourth-order valence-electron chi connectivity index (χ4n) is 7.32. The summed E-state index contributed by atoms with van der Waals surface area (Å²) in [6, 6.07) is -1.54. The van der Waals surface area contributed by atoms with Gasteiger partial charge in [-0.25, -0.2) is 9.36 Å². The van der Waals surface area contributed by atoms with Gasteiger partial charge in [0, 0.05) is 12.8 Å². The van der Waals surface area contributed by atoms with Gasteiger partial charge >= 0.3 is 19.8 Å². The van der Waals surface area contributed by atoms with Gasteiger partial charge in [-0.3, -0.25) is 18.6 Å². The van der Waals surface area contributed by atoms with E-state index >= 15 is 0 Å². The van der Waals surface area contributed by atoms with Gasteiger partial charge in [0.1, 0.15) is 12.7 Å². The highest BCUT2D eigenvalue weighted by atomic mass is 31.2. The molecule has 0 saturated heterocycles. The number of hydrogen-bond donors (Lipinski definition) is 4. The molecule has 0 aliphatic rings. The van der Waals surface area contributed by atoms with Crippen LogP contribution in [0.3, 0.4) is 0 Å². The zero-order valence-electron chi connectivity index (χ0n) is 38.1. The van der Waals surface area contributed by atoms with E-state index in [4.69, 9.17) is 13.8 Å². The molecule has 0 fully saturated rings. The maximum absolute atomic E-state index is 12.4. The number of rotatable bonds is 47. The first-order valence-electron chi connectivity index (χ1n) is 24.6. The van der Waals surface area contributed by atoms with Crippen molar-refractivity contribution in [2.75, 3.05) is 19.8 Å². The van der Waals surface area contributed by atoms with Crippen LogP contribution in [0.25, 0.3) is 0 Å². The number of esters is 1. The molecule has 0 saturated carbocycles. The van der Waals surface area contributed by atoms with Crippen molar-refractivity contribution in [2.45, 2.75) is 264 Å². The van der Waals surface area contributed by atoms with Crippen LogP contribution >= 0.6 is 7.82 Å². The molecule has 1 amide bonds. The van der Waals surface area contributed by atoms with Crippen molar-refractivity contribution in [2.24, 2.45) is 0 Å². The van der Waals surface area contributed by atoms with E-state index in [1.165, 1.54) is 173 Å². The second-order valence-corrected chi connectivity index (χ2v) is 18.5. The van der Waals surface area contributed by atoms with Crippen LogP contribution < -0.4 is 5.32 Å². The molecular formula is C47H92NO10P. The number of nitrogens with one attached hydrogen (secondary N) is 1. The van der Waals surface area contributed by atoms with Gasteiger partial charge in [-0.1, -0.05) is 226 Å². The lowest BCUT2D eigenvalue weighted by atomic mass is 10.0. The minimum Gasteiger partial charge on any atom is -0.480 e. The second kappa shape index (κ2) is 43.1. The molecule has 0 aromatic heterocycles. The molecule has 0 aromatic rings. The van der Waals surface area contributed by atoms with Crippen LogP contribution in [0.2, 0.25) is 0 Å². The second-order valence-electron chi connectivity index (χ2n) is 17.0. The Hall–Kier alpha value is -1.52. The molecule has 0 radical (unpaired) electrons. The molecule has 59 heavy (non-hydrogen) atoms. The predicted molar refractivity (Wildman–Crippen MR) is 240 cm³/mol. The minimum absolute atomic E-state index is 0.153. The first-order chi connectivity index (χ1) is 28.6. The number of aliphatic carboxylic acids is 1. The molecule has 350 valence electrons. The number of ether oxygens (including phenoxy) is 1. The lowest BCUT2D eigenvalue weighted by Gasteiger charge is -2.18. The summed E-state index contributed by atoms with van der Waals surface area (Å²) in [6.45, 7) is 2.64. The van der Waals surface area contributed by atoms with E-state index < -0.39 is 57.6 Å². The van der Waals surface area contributed by atoms with Crippen molar-refractivity contribution in [3.05, 3.63) is 0 Å². The number of phosphoric acid groups is 1. The lowest BCUT2D eigenvalue weighted by molar-refractivity contribution is -0.147. The number of amides is 1. The Labute approximate surface area is 361 Å². The van der Waals surface area contributed by atoms with Crippen LogP contribution in [0.5, 0.6) is 0 Å². The third-order valence-electron chi connectivity index (χ3n) is 11.1. The van der Waals surface area contributed by atoms with Gasteiger partial charge in [0.25, 0.3) is 0 Å². The van der Waals surface area contributed by atoms with Crippen molar-refractivity contribution in [1.29, 1.82) is 0 Å². The van der Waals surface area contributed by atoms with Crippen LogP contribution in [0.1, 0.15) is 251 Å². The van der Waals surface area contributed by atoms with E-state index in [1.54, 1.807) is 0 Å². The number of unbranched alkanes of at least 4 members (excludes halogenated alkanes) is 33. The highest BCUT2D eigenvalue weighted by Crippen LogP contribution is 2.43. The van der Waals surface area contributed by atoms with Gasteiger partial charge < -0.3 is 25.2 Å². The minimum atomic E-state index is -4.75. The molecular weight excluding hydrogens is 769 g/mol. The molecule has 4 N–H and O–H groups in total. The summed E-state index contributed by atoms with van der Waals surface area (Å²) in [6.07, 6.45) is 42.7. The first kappa shape index (κ1) is 57.5. The summed E-state index contributed by atoms with van der Waals surface area (Å²) in [5.41, 5.74) is 0. The molecule has 3 atom stereocenters. The Balaban J connectivity index is 3.80. The van der Waals surface area contributed by atoms with E-state index in [9.17, 15) is 34.1 Å². The van der Waals surface area contributed by atoms with E-state index in [2.05, 4.69) is 19.2 Å². The number of aliphatic hydroxyl groups is 1. The normalized spacial score (nSPS) is 13.6. The number of phosphoric ester groups is 1. The summed E-state index contributed by atoms with van der Waals surface area (Å²) in [4.78, 5) is 46.0. The molecule has 11 nitrogen and oxygen atoms in total. The van der Waals surface area contributed by atoms with Gasteiger partial charge in [-0.05, 0) is 12.8 Å². The largest absolute Gasteiger partial charge is 0.480 e. The number of carboxylic acids is 1. The highest BCUT2D eigenvalue weighted by Gasteiger charge is 2.28. The van der Waals surface area contributed by atoms with Crippen LogP contribution in [0.15, 0.2) is 0 Å². The molecule has 0 spiro atoms. The van der Waals surface area contributed by atoms with Crippen molar-refractivity contribution in [3.8, 4) is 0 Å². The molecule has 0 rings (SSSR count). The summed E-state index contributed by atoms with van der Waals surface area (Å²) in [7, 11) is -4.75. The number of aliphatic hydroxyl groups excluding tert-OH is 1. The molecule has 0 aromatic carbocycles. The van der Waals surface area contributed by atoms with Crippen molar-refractivity contribution >= 4 is 25.7 Å². The quantitative estimate of drug-likeness (QED) is 0.0262. The van der Waals surface area contributed by atoms with Crippen LogP contribution in [-0.4, -0.2) is 64.9 Å². The number of carbonyl (C=O) groups is 3. The third-order valence-corrected chi connectivity index (χ3v) is 12.1. The predicted octanol–water partition coefficient (Wildman–Crippen LogP) is 13.1. The topological polar surface area (TPSA) is 169 Å². The van der Waals surface area contributed by atoms with Crippen LogP contribution in [0, 0.1) is 0 Å². The summed E-state index contributed by atoms with van der Waals surface area (Å²) in [5, 5.41) is 21.9. The molecule has 0 aliphatic heterocycles. The molecule has 0 aliphatic carbocycles. The number of carboxylic acid groups (broad SMARTS) is 1. The van der Waals surface area contributed by atoms with Crippen molar-refractivity contribution in [1.82, 2.24) is 5.32 Å². The van der Waals surface area contributed by atoms with Crippen LogP contribution in [0.4, 0.5) is 0 Å². The maximum Gasteiger partial charge on any atom is 0.472 e. The van der Waals surface area contributed by atoms with Gasteiger partial charge in [0.05, 0.1) is 13.2 Å². The van der Waals surface area contributed by atoms with E-state index in [0.717, 1.165) is 38.5 Å². The van der Waals surface area contributed by atoms with E-state index in [-0.39, 0.29) is 12.8 Å². The Morgan fingerprint density at radius 1 is 0.475 bits per heavy atom. The van der Waals surface area contributed by atoms with E-state index in [1.807, 2.05) is 0 Å². The fourth-order valence-corrected chi connectivity index (χ4v) is 8.09. The van der Waals surface area contributed by atoms with Gasteiger partial charge in [0.15, 0.2) is 6.04 Å². The lowest BCUT2D eigenvalue weighted by Crippen LogP contribution is -2.43. The van der Waals surface area contributed by atoms with Crippen molar-refractivity contribution in [3.63, 3.8) is 0 Å². The average Bonchev–Trinajstić information content (AvgIpc) is 3.21. The highest BCUT2D eigenvalue weighted by molar-refractivity contribution is 7.47. The standard InChI is InChI=1S/C47H92NO10P/c1-3-5-7-9-11-13-15-17-19-20-21-22-23-24-25-26-28-30-32-34-36-38-45(50)48-44(47(52)53)42-58-59(54,55)57-41-43(49)40-56-46(51)39-37-35-33-31-29-27-18-16-14-12-10-8-6-4-2/h43-44,49H,3-42H2,1-2H3,(H,48,50)(H,52,53)(H,54,55). The molecule has 12 heteroatoms. The summed E-state index contributed by atoms with van der Waals surface area (Å²) >= 11 is 0. The zero-order valence-corrected chi connectivity index (χ0v) is 39.0. The van der Waals surface area contributed by atoms with Gasteiger partial charge in [-0.2, -0.15) is 0 Å². The van der Waals surface area contributed by atoms with E-state index in [0.29, 0.717) is 12.8 Å². The Morgan fingerprint density at radius 3 is 1.12 bits per heavy atom. The average molecular weight is 862 g/mol. The first-order valence-corrected chi connectivity index (χ1v) is 26.1. The molecule has 0 heterocycles. The Bertz CT molecular complexity index is 1020. The monoisotopic (exact) mass is 862 g/mol. The molecule has 0 bridgehead atoms.